The zero-order valence-corrected chi connectivity index (χ0v) is 14.0. The van der Waals surface area contributed by atoms with Crippen molar-refractivity contribution in [3.05, 3.63) is 33.3 Å². The number of carbonyl (C=O) groups is 1. The molecule has 1 aliphatic rings. The minimum Gasteiger partial charge on any atom is -0.351 e. The van der Waals surface area contributed by atoms with E-state index in [1.807, 2.05) is 6.07 Å². The number of rotatable bonds is 4. The Labute approximate surface area is 133 Å². The van der Waals surface area contributed by atoms with E-state index in [0.29, 0.717) is 17.1 Å². The van der Waals surface area contributed by atoms with E-state index in [1.54, 1.807) is 12.1 Å². The molecule has 1 aliphatic heterocycles. The molecule has 1 aromatic carbocycles. The van der Waals surface area contributed by atoms with E-state index in [1.165, 1.54) is 12.8 Å². The lowest BCUT2D eigenvalue weighted by Gasteiger charge is -2.30. The molecule has 0 radical (unpaired) electrons. The average Bonchev–Trinajstić information content (AvgIpc) is 2.41. The lowest BCUT2D eigenvalue weighted by Crippen LogP contribution is -2.40. The minimum absolute atomic E-state index is 0.110. The number of amides is 1. The van der Waals surface area contributed by atoms with E-state index in [2.05, 4.69) is 33.1 Å². The SMILES string of the molecule is CC1CCCN(CCNC(=O)c2cc(Br)ccc2Cl)C1. The smallest absolute Gasteiger partial charge is 0.252 e. The number of benzene rings is 1. The van der Waals surface area contributed by atoms with Crippen LogP contribution in [-0.4, -0.2) is 37.0 Å². The summed E-state index contributed by atoms with van der Waals surface area (Å²) in [6, 6.07) is 5.31. The standard InChI is InChI=1S/C15H20BrClN2O/c1-11-3-2-7-19(10-11)8-6-18-15(20)13-9-12(16)4-5-14(13)17/h4-5,9,11H,2-3,6-8,10H2,1H3,(H,18,20). The van der Waals surface area contributed by atoms with Gasteiger partial charge in [-0.2, -0.15) is 0 Å². The Morgan fingerprint density at radius 2 is 2.35 bits per heavy atom. The van der Waals surface area contributed by atoms with Crippen molar-refractivity contribution in [2.24, 2.45) is 5.92 Å². The molecule has 1 heterocycles. The quantitative estimate of drug-likeness (QED) is 0.891. The van der Waals surface area contributed by atoms with Crippen molar-refractivity contribution in [2.45, 2.75) is 19.8 Å². The van der Waals surface area contributed by atoms with Gasteiger partial charge in [-0.05, 0) is 43.5 Å². The third-order valence-corrected chi connectivity index (χ3v) is 4.45. The zero-order valence-electron chi connectivity index (χ0n) is 11.7. The van der Waals surface area contributed by atoms with Gasteiger partial charge in [-0.15, -0.1) is 0 Å². The zero-order chi connectivity index (χ0) is 14.5. The van der Waals surface area contributed by atoms with Crippen LogP contribution in [0.5, 0.6) is 0 Å². The highest BCUT2D eigenvalue weighted by Crippen LogP contribution is 2.20. The van der Waals surface area contributed by atoms with Gasteiger partial charge in [0.2, 0.25) is 0 Å². The molecule has 0 aliphatic carbocycles. The number of piperidine rings is 1. The molecule has 0 aromatic heterocycles. The van der Waals surface area contributed by atoms with Gasteiger partial charge in [0.15, 0.2) is 0 Å². The molecule has 20 heavy (non-hydrogen) atoms. The average molecular weight is 360 g/mol. The second-order valence-electron chi connectivity index (χ2n) is 5.43. The van der Waals surface area contributed by atoms with Crippen molar-refractivity contribution in [3.63, 3.8) is 0 Å². The summed E-state index contributed by atoms with van der Waals surface area (Å²) in [5.74, 6) is 0.653. The molecular weight excluding hydrogens is 340 g/mol. The van der Waals surface area contributed by atoms with Crippen LogP contribution in [0.3, 0.4) is 0 Å². The van der Waals surface area contributed by atoms with Gasteiger partial charge in [0.25, 0.3) is 5.91 Å². The first kappa shape index (κ1) is 15.8. The van der Waals surface area contributed by atoms with Gasteiger partial charge in [-0.1, -0.05) is 34.5 Å². The first-order valence-electron chi connectivity index (χ1n) is 7.02. The highest BCUT2D eigenvalue weighted by atomic mass is 79.9. The fourth-order valence-electron chi connectivity index (χ4n) is 2.58. The van der Waals surface area contributed by atoms with Crippen LogP contribution in [0, 0.1) is 5.92 Å². The number of likely N-dealkylation sites (tertiary alicyclic amines) is 1. The fraction of sp³-hybridized carbons (Fsp3) is 0.533. The molecule has 0 saturated carbocycles. The third kappa shape index (κ3) is 4.47. The van der Waals surface area contributed by atoms with Crippen LogP contribution in [0.2, 0.25) is 5.02 Å². The summed E-state index contributed by atoms with van der Waals surface area (Å²) in [7, 11) is 0. The van der Waals surface area contributed by atoms with Crippen molar-refractivity contribution >= 4 is 33.4 Å². The first-order valence-corrected chi connectivity index (χ1v) is 8.19. The van der Waals surface area contributed by atoms with E-state index < -0.39 is 0 Å². The Kier molecular flexibility index (Phi) is 5.87. The van der Waals surface area contributed by atoms with E-state index in [-0.39, 0.29) is 5.91 Å². The number of nitrogens with one attached hydrogen (secondary N) is 1. The van der Waals surface area contributed by atoms with Crippen LogP contribution in [-0.2, 0) is 0 Å². The summed E-state index contributed by atoms with van der Waals surface area (Å²) >= 11 is 9.40. The van der Waals surface area contributed by atoms with Crippen LogP contribution < -0.4 is 5.32 Å². The van der Waals surface area contributed by atoms with Crippen molar-refractivity contribution in [3.8, 4) is 0 Å². The number of hydrogen-bond acceptors (Lipinski definition) is 2. The molecule has 1 unspecified atom stereocenters. The van der Waals surface area contributed by atoms with Crippen molar-refractivity contribution in [1.82, 2.24) is 10.2 Å². The summed E-state index contributed by atoms with van der Waals surface area (Å²) in [5, 5.41) is 3.43. The van der Waals surface area contributed by atoms with Crippen LogP contribution >= 0.6 is 27.5 Å². The highest BCUT2D eigenvalue weighted by Gasteiger charge is 2.16. The molecule has 0 spiro atoms. The molecular formula is C15H20BrClN2O. The Bertz CT molecular complexity index is 481. The molecule has 1 amide bonds. The normalized spacial score (nSPS) is 19.9. The molecule has 1 fully saturated rings. The van der Waals surface area contributed by atoms with Gasteiger partial charge in [0.1, 0.15) is 0 Å². The molecule has 110 valence electrons. The van der Waals surface area contributed by atoms with E-state index >= 15 is 0 Å². The second-order valence-corrected chi connectivity index (χ2v) is 6.75. The van der Waals surface area contributed by atoms with E-state index in [9.17, 15) is 4.79 Å². The molecule has 1 aromatic rings. The molecule has 1 N–H and O–H groups in total. The molecule has 1 atom stereocenters. The number of hydrogen-bond donors (Lipinski definition) is 1. The lowest BCUT2D eigenvalue weighted by atomic mass is 10.0. The Morgan fingerprint density at radius 1 is 1.55 bits per heavy atom. The topological polar surface area (TPSA) is 32.3 Å². The largest absolute Gasteiger partial charge is 0.351 e. The maximum atomic E-state index is 12.1. The molecule has 2 rings (SSSR count). The Balaban J connectivity index is 1.81. The van der Waals surface area contributed by atoms with E-state index in [0.717, 1.165) is 30.0 Å². The first-order chi connectivity index (χ1) is 9.56. The van der Waals surface area contributed by atoms with Gasteiger partial charge < -0.3 is 10.2 Å². The van der Waals surface area contributed by atoms with E-state index in [4.69, 9.17) is 11.6 Å². The summed E-state index contributed by atoms with van der Waals surface area (Å²) in [4.78, 5) is 14.5. The lowest BCUT2D eigenvalue weighted by molar-refractivity contribution is 0.0944. The van der Waals surface area contributed by atoms with Gasteiger partial charge in [-0.3, -0.25) is 4.79 Å². The van der Waals surface area contributed by atoms with Crippen molar-refractivity contribution < 1.29 is 4.79 Å². The van der Waals surface area contributed by atoms with Crippen molar-refractivity contribution in [2.75, 3.05) is 26.2 Å². The fourth-order valence-corrected chi connectivity index (χ4v) is 3.15. The molecule has 0 bridgehead atoms. The van der Waals surface area contributed by atoms with Crippen LogP contribution in [0.25, 0.3) is 0 Å². The number of nitrogens with zero attached hydrogens (tertiary/aromatic N) is 1. The maximum absolute atomic E-state index is 12.1. The minimum atomic E-state index is -0.110. The summed E-state index contributed by atoms with van der Waals surface area (Å²) in [6.45, 7) is 6.12. The van der Waals surface area contributed by atoms with Gasteiger partial charge >= 0.3 is 0 Å². The van der Waals surface area contributed by atoms with Gasteiger partial charge in [0.05, 0.1) is 10.6 Å². The number of halogens is 2. The predicted octanol–water partition coefficient (Wildman–Crippen LogP) is 3.56. The van der Waals surface area contributed by atoms with Gasteiger partial charge in [-0.25, -0.2) is 0 Å². The monoisotopic (exact) mass is 358 g/mol. The summed E-state index contributed by atoms with van der Waals surface area (Å²) in [6.07, 6.45) is 2.57. The second kappa shape index (κ2) is 7.43. The summed E-state index contributed by atoms with van der Waals surface area (Å²) < 4.78 is 0.858. The van der Waals surface area contributed by atoms with Crippen LogP contribution in [0.4, 0.5) is 0 Å². The Hall–Kier alpha value is -0.580. The summed E-state index contributed by atoms with van der Waals surface area (Å²) in [5.41, 5.74) is 0.521. The molecule has 5 heteroatoms. The molecule has 3 nitrogen and oxygen atoms in total. The van der Waals surface area contributed by atoms with Crippen LogP contribution in [0.1, 0.15) is 30.1 Å². The highest BCUT2D eigenvalue weighted by molar-refractivity contribution is 9.10. The molecule has 1 saturated heterocycles. The van der Waals surface area contributed by atoms with Gasteiger partial charge in [0, 0.05) is 24.1 Å². The predicted molar refractivity (Wildman–Crippen MR) is 86.3 cm³/mol. The maximum Gasteiger partial charge on any atom is 0.252 e. The van der Waals surface area contributed by atoms with Crippen molar-refractivity contribution in [1.29, 1.82) is 0 Å². The Morgan fingerprint density at radius 3 is 3.10 bits per heavy atom. The third-order valence-electron chi connectivity index (χ3n) is 3.63. The number of carbonyl (C=O) groups excluding carboxylic acids is 1. The van der Waals surface area contributed by atoms with Crippen LogP contribution in [0.15, 0.2) is 22.7 Å².